The van der Waals surface area contributed by atoms with Crippen molar-refractivity contribution < 1.29 is 14.0 Å². The van der Waals surface area contributed by atoms with Crippen molar-refractivity contribution in [3.8, 4) is 0 Å². The number of carbonyl (C=O) groups is 2. The number of carbonyl (C=O) groups excluding carboxylic acids is 2. The van der Waals surface area contributed by atoms with Crippen LogP contribution in [0.5, 0.6) is 0 Å². The van der Waals surface area contributed by atoms with Crippen molar-refractivity contribution >= 4 is 11.8 Å². The summed E-state index contributed by atoms with van der Waals surface area (Å²) in [5.41, 5.74) is 0.474. The monoisotopic (exact) mass is 224 g/mol. The second kappa shape index (κ2) is 5.34. The average molecular weight is 224 g/mol. The Kier molecular flexibility index (Phi) is 4.10. The van der Waals surface area contributed by atoms with Crippen molar-refractivity contribution in [2.45, 2.75) is 20.8 Å². The third-order valence-corrected chi connectivity index (χ3v) is 2.07. The van der Waals surface area contributed by atoms with Gasteiger partial charge in [0.05, 0.1) is 12.1 Å². The van der Waals surface area contributed by atoms with E-state index >= 15 is 0 Å². The van der Waals surface area contributed by atoms with E-state index in [2.05, 4.69) is 10.6 Å². The highest BCUT2D eigenvalue weighted by Gasteiger charge is 2.13. The van der Waals surface area contributed by atoms with E-state index in [-0.39, 0.29) is 18.4 Å². The Labute approximate surface area is 94.2 Å². The van der Waals surface area contributed by atoms with Crippen LogP contribution >= 0.6 is 0 Å². The van der Waals surface area contributed by atoms with Crippen molar-refractivity contribution in [3.63, 3.8) is 0 Å². The lowest BCUT2D eigenvalue weighted by molar-refractivity contribution is -0.120. The van der Waals surface area contributed by atoms with E-state index < -0.39 is 0 Å². The van der Waals surface area contributed by atoms with Crippen LogP contribution in [0.1, 0.15) is 28.8 Å². The number of furan rings is 1. The summed E-state index contributed by atoms with van der Waals surface area (Å²) in [4.78, 5) is 22.8. The first kappa shape index (κ1) is 12.3. The SMILES string of the molecule is CCNC(=O)CNC(=O)c1cc(C)oc1C. The quantitative estimate of drug-likeness (QED) is 0.793. The summed E-state index contributed by atoms with van der Waals surface area (Å²) < 4.78 is 5.23. The van der Waals surface area contributed by atoms with Gasteiger partial charge in [-0.25, -0.2) is 0 Å². The van der Waals surface area contributed by atoms with Gasteiger partial charge in [-0.05, 0) is 26.8 Å². The number of amides is 2. The molecular weight excluding hydrogens is 208 g/mol. The van der Waals surface area contributed by atoms with Crippen LogP contribution < -0.4 is 10.6 Å². The van der Waals surface area contributed by atoms with Gasteiger partial charge in [-0.15, -0.1) is 0 Å². The molecule has 0 spiro atoms. The fourth-order valence-electron chi connectivity index (χ4n) is 1.37. The van der Waals surface area contributed by atoms with Crippen LogP contribution in [0.3, 0.4) is 0 Å². The molecule has 5 nitrogen and oxygen atoms in total. The Morgan fingerprint density at radius 3 is 2.50 bits per heavy atom. The molecule has 1 rings (SSSR count). The third-order valence-electron chi connectivity index (χ3n) is 2.07. The molecule has 2 amide bonds. The lowest BCUT2D eigenvalue weighted by Gasteiger charge is -2.04. The maximum absolute atomic E-state index is 11.6. The minimum absolute atomic E-state index is 0.0175. The zero-order chi connectivity index (χ0) is 12.1. The van der Waals surface area contributed by atoms with E-state index in [0.717, 1.165) is 0 Å². The van der Waals surface area contributed by atoms with Gasteiger partial charge >= 0.3 is 0 Å². The summed E-state index contributed by atoms with van der Waals surface area (Å²) >= 11 is 0. The Hall–Kier alpha value is -1.78. The normalized spacial score (nSPS) is 9.94. The first-order valence-electron chi connectivity index (χ1n) is 5.16. The van der Waals surface area contributed by atoms with E-state index in [9.17, 15) is 9.59 Å². The summed E-state index contributed by atoms with van der Waals surface area (Å²) in [5, 5.41) is 5.12. The van der Waals surface area contributed by atoms with Crippen molar-refractivity contribution in [1.82, 2.24) is 10.6 Å². The summed E-state index contributed by atoms with van der Waals surface area (Å²) in [5.74, 6) is 0.751. The van der Waals surface area contributed by atoms with Gasteiger partial charge in [0.1, 0.15) is 11.5 Å². The van der Waals surface area contributed by atoms with Crippen molar-refractivity contribution in [2.24, 2.45) is 0 Å². The number of likely N-dealkylation sites (N-methyl/N-ethyl adjacent to an activating group) is 1. The highest BCUT2D eigenvalue weighted by Crippen LogP contribution is 2.12. The fourth-order valence-corrected chi connectivity index (χ4v) is 1.37. The van der Waals surface area contributed by atoms with E-state index in [1.807, 2.05) is 6.92 Å². The minimum atomic E-state index is -0.291. The summed E-state index contributed by atoms with van der Waals surface area (Å²) in [6.45, 7) is 5.85. The molecule has 0 aromatic carbocycles. The highest BCUT2D eigenvalue weighted by atomic mass is 16.3. The Bertz CT molecular complexity index is 396. The topological polar surface area (TPSA) is 71.3 Å². The second-order valence-corrected chi connectivity index (χ2v) is 3.46. The third kappa shape index (κ3) is 3.12. The highest BCUT2D eigenvalue weighted by molar-refractivity contribution is 5.97. The van der Waals surface area contributed by atoms with Crippen molar-refractivity contribution in [2.75, 3.05) is 13.1 Å². The number of rotatable bonds is 4. The molecule has 0 radical (unpaired) electrons. The minimum Gasteiger partial charge on any atom is -0.466 e. The van der Waals surface area contributed by atoms with Crippen LogP contribution in [-0.2, 0) is 4.79 Å². The summed E-state index contributed by atoms with van der Waals surface area (Å²) in [7, 11) is 0. The molecule has 1 heterocycles. The Morgan fingerprint density at radius 1 is 1.31 bits per heavy atom. The molecule has 0 bridgehead atoms. The van der Waals surface area contributed by atoms with Gasteiger partial charge in [-0.3, -0.25) is 9.59 Å². The van der Waals surface area contributed by atoms with Gasteiger partial charge in [-0.2, -0.15) is 0 Å². The molecule has 16 heavy (non-hydrogen) atoms. The predicted molar refractivity (Wildman–Crippen MR) is 59.2 cm³/mol. The van der Waals surface area contributed by atoms with E-state index in [4.69, 9.17) is 4.42 Å². The first-order chi connectivity index (χ1) is 7.54. The Morgan fingerprint density at radius 2 is 2.00 bits per heavy atom. The molecular formula is C11H16N2O3. The Balaban J connectivity index is 2.53. The first-order valence-corrected chi connectivity index (χ1v) is 5.16. The summed E-state index contributed by atoms with van der Waals surface area (Å²) in [6.07, 6.45) is 0. The van der Waals surface area contributed by atoms with Crippen LogP contribution in [0.15, 0.2) is 10.5 Å². The largest absolute Gasteiger partial charge is 0.466 e. The molecule has 0 aliphatic rings. The van der Waals surface area contributed by atoms with Gasteiger partial charge in [0.25, 0.3) is 5.91 Å². The molecule has 0 saturated heterocycles. The van der Waals surface area contributed by atoms with Gasteiger partial charge in [0.15, 0.2) is 0 Å². The lowest BCUT2D eigenvalue weighted by Crippen LogP contribution is -2.36. The molecule has 5 heteroatoms. The second-order valence-electron chi connectivity index (χ2n) is 3.46. The van der Waals surface area contributed by atoms with Gasteiger partial charge in [-0.1, -0.05) is 0 Å². The lowest BCUT2D eigenvalue weighted by atomic mass is 10.2. The molecule has 0 atom stereocenters. The maximum Gasteiger partial charge on any atom is 0.255 e. The van der Waals surface area contributed by atoms with Crippen LogP contribution in [0.4, 0.5) is 0 Å². The number of aryl methyl sites for hydroxylation is 2. The molecule has 0 saturated carbocycles. The van der Waals surface area contributed by atoms with Crippen LogP contribution in [0.2, 0.25) is 0 Å². The molecule has 2 N–H and O–H groups in total. The van der Waals surface area contributed by atoms with Crippen molar-refractivity contribution in [3.05, 3.63) is 23.2 Å². The number of hydrogen-bond acceptors (Lipinski definition) is 3. The smallest absolute Gasteiger partial charge is 0.255 e. The zero-order valence-corrected chi connectivity index (χ0v) is 9.72. The molecule has 1 aromatic heterocycles. The van der Waals surface area contributed by atoms with Gasteiger partial charge < -0.3 is 15.1 Å². The van der Waals surface area contributed by atoms with E-state index in [1.165, 1.54) is 0 Å². The van der Waals surface area contributed by atoms with Crippen LogP contribution in [0, 0.1) is 13.8 Å². The number of nitrogens with one attached hydrogen (secondary N) is 2. The predicted octanol–water partition coefficient (Wildman–Crippen LogP) is 0.762. The molecule has 88 valence electrons. The molecule has 0 aliphatic carbocycles. The standard InChI is InChI=1S/C11H16N2O3/c1-4-12-10(14)6-13-11(15)9-5-7(2)16-8(9)3/h5H,4,6H2,1-3H3,(H,12,14)(H,13,15). The zero-order valence-electron chi connectivity index (χ0n) is 9.72. The van der Waals surface area contributed by atoms with E-state index in [1.54, 1.807) is 19.9 Å². The molecule has 0 fully saturated rings. The summed E-state index contributed by atoms with van der Waals surface area (Å²) in [6, 6.07) is 1.66. The molecule has 0 aliphatic heterocycles. The fraction of sp³-hybridized carbons (Fsp3) is 0.455. The van der Waals surface area contributed by atoms with E-state index in [0.29, 0.717) is 23.6 Å². The maximum atomic E-state index is 11.6. The van der Waals surface area contributed by atoms with Crippen LogP contribution in [0.25, 0.3) is 0 Å². The van der Waals surface area contributed by atoms with Gasteiger partial charge in [0.2, 0.25) is 5.91 Å². The van der Waals surface area contributed by atoms with Gasteiger partial charge in [0, 0.05) is 6.54 Å². The molecule has 0 unspecified atom stereocenters. The average Bonchev–Trinajstić information content (AvgIpc) is 2.55. The number of hydrogen-bond donors (Lipinski definition) is 2. The molecule has 1 aromatic rings. The van der Waals surface area contributed by atoms with Crippen LogP contribution in [-0.4, -0.2) is 24.9 Å². The van der Waals surface area contributed by atoms with Crippen molar-refractivity contribution in [1.29, 1.82) is 0 Å².